The van der Waals surface area contributed by atoms with E-state index in [9.17, 15) is 14.3 Å². The van der Waals surface area contributed by atoms with Gasteiger partial charge in [-0.15, -0.1) is 0 Å². The largest absolute Gasteiger partial charge is 0.507 e. The number of phenols is 1. The first kappa shape index (κ1) is 19.1. The summed E-state index contributed by atoms with van der Waals surface area (Å²) in [5.41, 5.74) is 2.26. The van der Waals surface area contributed by atoms with Crippen LogP contribution in [0.25, 0.3) is 11.4 Å². The number of aromatic nitrogens is 2. The summed E-state index contributed by atoms with van der Waals surface area (Å²) in [7, 11) is 0. The maximum atomic E-state index is 13.5. The molecule has 0 saturated carbocycles. The first-order valence-corrected chi connectivity index (χ1v) is 9.12. The lowest BCUT2D eigenvalue weighted by Crippen LogP contribution is -2.28. The van der Waals surface area contributed by atoms with Crippen LogP contribution in [0.4, 0.5) is 4.39 Å². The van der Waals surface area contributed by atoms with Crippen LogP contribution in [0.2, 0.25) is 5.02 Å². The van der Waals surface area contributed by atoms with Gasteiger partial charge in [-0.1, -0.05) is 30.7 Å². The van der Waals surface area contributed by atoms with Gasteiger partial charge in [0.1, 0.15) is 17.4 Å². The summed E-state index contributed by atoms with van der Waals surface area (Å²) in [6, 6.07) is 10.9. The second-order valence-corrected chi connectivity index (χ2v) is 6.79. The Hall–Kier alpha value is -2.66. The second kappa shape index (κ2) is 7.92. The van der Waals surface area contributed by atoms with Crippen LogP contribution in [0.15, 0.2) is 47.3 Å². The summed E-state index contributed by atoms with van der Waals surface area (Å²) in [6.07, 6.45) is 1.01. The summed E-state index contributed by atoms with van der Waals surface area (Å²) in [5, 5.41) is 10.7. The van der Waals surface area contributed by atoms with Crippen LogP contribution in [0, 0.1) is 12.7 Å². The van der Waals surface area contributed by atoms with Gasteiger partial charge in [-0.25, -0.2) is 9.37 Å². The van der Waals surface area contributed by atoms with Crippen molar-refractivity contribution in [1.82, 2.24) is 9.55 Å². The summed E-state index contributed by atoms with van der Waals surface area (Å²) >= 11 is 6.08. The van der Waals surface area contributed by atoms with Crippen LogP contribution < -0.4 is 5.56 Å². The smallest absolute Gasteiger partial charge is 0.257 e. The fourth-order valence-corrected chi connectivity index (χ4v) is 3.31. The molecule has 1 aromatic heterocycles. The van der Waals surface area contributed by atoms with E-state index in [2.05, 4.69) is 4.98 Å². The third kappa shape index (κ3) is 4.03. The van der Waals surface area contributed by atoms with Gasteiger partial charge in [-0.3, -0.25) is 9.36 Å². The minimum atomic E-state index is -0.316. The predicted molar refractivity (Wildman–Crippen MR) is 105 cm³/mol. The fourth-order valence-electron chi connectivity index (χ4n) is 3.14. The predicted octanol–water partition coefficient (Wildman–Crippen LogP) is 4.52. The third-order valence-corrected chi connectivity index (χ3v) is 4.77. The maximum Gasteiger partial charge on any atom is 0.257 e. The number of hydrogen-bond acceptors (Lipinski definition) is 3. The lowest BCUT2D eigenvalue weighted by molar-refractivity contribution is 0.476. The molecule has 0 amide bonds. The van der Waals surface area contributed by atoms with E-state index in [4.69, 9.17) is 11.6 Å². The number of hydrogen-bond donors (Lipinski definition) is 1. The molecule has 0 fully saturated rings. The molecule has 1 heterocycles. The summed E-state index contributed by atoms with van der Waals surface area (Å²) in [5.74, 6) is 0.0318. The van der Waals surface area contributed by atoms with E-state index in [0.717, 1.165) is 5.56 Å². The molecule has 140 valence electrons. The molecule has 0 aliphatic heterocycles. The number of nitrogens with zero attached hydrogens (tertiary/aromatic N) is 2. The fraction of sp³-hybridized carbons (Fsp3) is 0.238. The molecule has 0 aliphatic carbocycles. The van der Waals surface area contributed by atoms with Crippen LogP contribution in [-0.2, 0) is 19.4 Å². The molecule has 4 nitrogen and oxygen atoms in total. The lowest BCUT2D eigenvalue weighted by atomic mass is 10.1. The Morgan fingerprint density at radius 1 is 1.22 bits per heavy atom. The number of phenolic OH excluding ortho intramolecular Hbond substituents is 1. The normalized spacial score (nSPS) is 11.0. The van der Waals surface area contributed by atoms with Gasteiger partial charge in [0.05, 0.1) is 5.56 Å². The Balaban J connectivity index is 2.12. The van der Waals surface area contributed by atoms with Crippen molar-refractivity contribution in [3.8, 4) is 17.1 Å². The first-order valence-electron chi connectivity index (χ1n) is 8.74. The van der Waals surface area contributed by atoms with E-state index in [1.807, 2.05) is 13.0 Å². The minimum absolute atomic E-state index is 0.00514. The van der Waals surface area contributed by atoms with Crippen molar-refractivity contribution in [2.45, 2.75) is 33.2 Å². The molecular formula is C21H20ClFN2O2. The number of benzene rings is 2. The van der Waals surface area contributed by atoms with E-state index in [0.29, 0.717) is 47.1 Å². The molecule has 0 saturated heterocycles. The zero-order valence-electron chi connectivity index (χ0n) is 15.2. The van der Waals surface area contributed by atoms with Gasteiger partial charge in [0.2, 0.25) is 0 Å². The Kier molecular flexibility index (Phi) is 5.61. The average molecular weight is 387 g/mol. The first-order chi connectivity index (χ1) is 12.9. The zero-order chi connectivity index (χ0) is 19.6. The van der Waals surface area contributed by atoms with E-state index < -0.39 is 0 Å². The Labute approximate surface area is 161 Å². The number of aryl methyl sites for hydroxylation is 2. The summed E-state index contributed by atoms with van der Waals surface area (Å²) in [6.45, 7) is 3.99. The molecule has 3 rings (SSSR count). The number of halogens is 2. The van der Waals surface area contributed by atoms with Gasteiger partial charge in [-0.2, -0.15) is 0 Å². The highest BCUT2D eigenvalue weighted by molar-refractivity contribution is 6.30. The molecule has 0 bridgehead atoms. The van der Waals surface area contributed by atoms with Crippen LogP contribution in [-0.4, -0.2) is 14.7 Å². The monoisotopic (exact) mass is 386 g/mol. The minimum Gasteiger partial charge on any atom is -0.507 e. The highest BCUT2D eigenvalue weighted by Gasteiger charge is 2.17. The van der Waals surface area contributed by atoms with Crippen LogP contribution in [0.3, 0.4) is 0 Å². The Morgan fingerprint density at radius 2 is 2.00 bits per heavy atom. The molecule has 27 heavy (non-hydrogen) atoms. The van der Waals surface area contributed by atoms with Crippen molar-refractivity contribution in [1.29, 1.82) is 0 Å². The van der Waals surface area contributed by atoms with E-state index in [1.165, 1.54) is 22.8 Å². The van der Waals surface area contributed by atoms with Crippen molar-refractivity contribution >= 4 is 11.6 Å². The van der Waals surface area contributed by atoms with Crippen molar-refractivity contribution in [3.05, 3.63) is 80.5 Å². The topological polar surface area (TPSA) is 55.1 Å². The summed E-state index contributed by atoms with van der Waals surface area (Å²) in [4.78, 5) is 17.6. The van der Waals surface area contributed by atoms with Crippen molar-refractivity contribution in [3.63, 3.8) is 0 Å². The van der Waals surface area contributed by atoms with Crippen LogP contribution in [0.1, 0.15) is 23.7 Å². The molecule has 0 radical (unpaired) electrons. The van der Waals surface area contributed by atoms with Gasteiger partial charge in [0, 0.05) is 22.8 Å². The highest BCUT2D eigenvalue weighted by atomic mass is 35.5. The molecule has 2 aromatic carbocycles. The molecular weight excluding hydrogens is 367 g/mol. The van der Waals surface area contributed by atoms with Gasteiger partial charge in [-0.05, 0) is 55.7 Å². The average Bonchev–Trinajstić information content (AvgIpc) is 2.63. The quantitative estimate of drug-likeness (QED) is 0.701. The molecule has 0 atom stereocenters. The summed E-state index contributed by atoms with van der Waals surface area (Å²) < 4.78 is 15.0. The molecule has 0 unspecified atom stereocenters. The lowest BCUT2D eigenvalue weighted by Gasteiger charge is -2.16. The SMILES string of the molecule is CCc1c(C)nc(-c2cc(Cl)ccc2O)n(CCc2cccc(F)c2)c1=O. The molecule has 6 heteroatoms. The number of rotatable bonds is 5. The van der Waals surface area contributed by atoms with E-state index in [1.54, 1.807) is 25.1 Å². The van der Waals surface area contributed by atoms with Gasteiger partial charge in [0.15, 0.2) is 0 Å². The highest BCUT2D eigenvalue weighted by Crippen LogP contribution is 2.30. The molecule has 0 spiro atoms. The zero-order valence-corrected chi connectivity index (χ0v) is 15.9. The van der Waals surface area contributed by atoms with Crippen molar-refractivity contribution in [2.75, 3.05) is 0 Å². The van der Waals surface area contributed by atoms with Crippen LogP contribution in [0.5, 0.6) is 5.75 Å². The van der Waals surface area contributed by atoms with E-state index in [-0.39, 0.29) is 17.1 Å². The van der Waals surface area contributed by atoms with Gasteiger partial charge < -0.3 is 5.11 Å². The van der Waals surface area contributed by atoms with Crippen molar-refractivity contribution < 1.29 is 9.50 Å². The Bertz CT molecular complexity index is 1050. The molecule has 1 N–H and O–H groups in total. The van der Waals surface area contributed by atoms with Crippen molar-refractivity contribution in [2.24, 2.45) is 0 Å². The second-order valence-electron chi connectivity index (χ2n) is 6.35. The van der Waals surface area contributed by atoms with E-state index >= 15 is 0 Å². The Morgan fingerprint density at radius 3 is 2.70 bits per heavy atom. The molecule has 3 aromatic rings. The van der Waals surface area contributed by atoms with Gasteiger partial charge in [0.25, 0.3) is 5.56 Å². The standard InChI is InChI=1S/C21H20ClFN2O2/c1-3-17-13(2)24-20(18-12-15(22)7-8-19(18)26)25(21(17)27)10-9-14-5-4-6-16(23)11-14/h4-8,11-12,26H,3,9-10H2,1-2H3. The van der Waals surface area contributed by atoms with Gasteiger partial charge >= 0.3 is 0 Å². The number of aromatic hydroxyl groups is 1. The maximum absolute atomic E-state index is 13.5. The van der Waals surface area contributed by atoms with Crippen LogP contribution >= 0.6 is 11.6 Å². The third-order valence-electron chi connectivity index (χ3n) is 4.54. The molecule has 0 aliphatic rings.